The number of aromatic nitrogens is 2. The molecule has 0 unspecified atom stereocenters. The highest BCUT2D eigenvalue weighted by Gasteiger charge is 2.34. The Bertz CT molecular complexity index is 638. The molecule has 0 aliphatic carbocycles. The zero-order valence-corrected chi connectivity index (χ0v) is 12.2. The molecule has 7 heteroatoms. The molecule has 3 rings (SSSR count). The summed E-state index contributed by atoms with van der Waals surface area (Å²) in [5.41, 5.74) is 0.0781. The second-order valence-electron chi connectivity index (χ2n) is 5.02. The second kappa shape index (κ2) is 5.29. The molecular formula is C14H14F3N3S. The minimum Gasteiger partial charge on any atom is -0.348 e. The van der Waals surface area contributed by atoms with Gasteiger partial charge >= 0.3 is 6.18 Å². The number of hydrogen-bond acceptors (Lipinski definition) is 4. The fourth-order valence-corrected chi connectivity index (χ4v) is 3.28. The summed E-state index contributed by atoms with van der Waals surface area (Å²) in [5, 5.41) is 2.94. The molecule has 0 saturated carbocycles. The van der Waals surface area contributed by atoms with E-state index >= 15 is 0 Å². The average molecular weight is 313 g/mol. The normalized spacial score (nSPS) is 19.2. The van der Waals surface area contributed by atoms with Gasteiger partial charge in [-0.25, -0.2) is 9.97 Å². The van der Waals surface area contributed by atoms with E-state index in [1.54, 1.807) is 17.4 Å². The fraction of sp³-hybridized carbons (Fsp3) is 0.429. The van der Waals surface area contributed by atoms with E-state index in [9.17, 15) is 13.2 Å². The van der Waals surface area contributed by atoms with Crippen LogP contribution in [0, 0.1) is 6.92 Å². The predicted molar refractivity (Wildman–Crippen MR) is 75.4 cm³/mol. The predicted octanol–water partition coefficient (Wildman–Crippen LogP) is 4.21. The van der Waals surface area contributed by atoms with Crippen molar-refractivity contribution in [2.75, 3.05) is 11.4 Å². The number of nitrogens with zero attached hydrogens (tertiary/aromatic N) is 3. The maximum Gasteiger partial charge on any atom is 0.433 e. The van der Waals surface area contributed by atoms with Gasteiger partial charge in [0.05, 0.1) is 16.7 Å². The summed E-state index contributed by atoms with van der Waals surface area (Å²) in [4.78, 5) is 10.2. The molecule has 112 valence electrons. The third kappa shape index (κ3) is 2.88. The molecule has 3 nitrogen and oxygen atoms in total. The first-order valence-corrected chi connectivity index (χ1v) is 7.56. The topological polar surface area (TPSA) is 29.0 Å². The van der Waals surface area contributed by atoms with Gasteiger partial charge in [-0.15, -0.1) is 11.3 Å². The van der Waals surface area contributed by atoms with Gasteiger partial charge in [-0.3, -0.25) is 0 Å². The van der Waals surface area contributed by atoms with E-state index in [4.69, 9.17) is 0 Å². The van der Waals surface area contributed by atoms with E-state index in [1.165, 1.54) is 6.07 Å². The molecule has 0 spiro atoms. The van der Waals surface area contributed by atoms with Gasteiger partial charge < -0.3 is 4.90 Å². The van der Waals surface area contributed by atoms with Crippen LogP contribution in [0.15, 0.2) is 23.6 Å². The van der Waals surface area contributed by atoms with E-state index in [-0.39, 0.29) is 6.04 Å². The quantitative estimate of drug-likeness (QED) is 0.832. The van der Waals surface area contributed by atoms with Crippen molar-refractivity contribution in [1.29, 1.82) is 0 Å². The summed E-state index contributed by atoms with van der Waals surface area (Å²) in [6.45, 7) is 2.63. The number of pyridine rings is 1. The summed E-state index contributed by atoms with van der Waals surface area (Å²) in [6, 6.07) is 4.06. The van der Waals surface area contributed by atoms with Crippen LogP contribution in [0.25, 0.3) is 0 Å². The van der Waals surface area contributed by atoms with Crippen LogP contribution in [-0.4, -0.2) is 16.5 Å². The van der Waals surface area contributed by atoms with Crippen LogP contribution in [0.1, 0.15) is 35.3 Å². The maximum absolute atomic E-state index is 12.8. The highest BCUT2D eigenvalue weighted by molar-refractivity contribution is 7.09. The van der Waals surface area contributed by atoms with Crippen molar-refractivity contribution < 1.29 is 13.2 Å². The van der Waals surface area contributed by atoms with Crippen molar-refractivity contribution in [2.45, 2.75) is 32.0 Å². The number of anilines is 1. The number of thiazole rings is 1. The van der Waals surface area contributed by atoms with Crippen molar-refractivity contribution in [2.24, 2.45) is 0 Å². The molecule has 0 bridgehead atoms. The van der Waals surface area contributed by atoms with Crippen LogP contribution in [0.3, 0.4) is 0 Å². The summed E-state index contributed by atoms with van der Waals surface area (Å²) < 4.78 is 38.4. The lowest BCUT2D eigenvalue weighted by molar-refractivity contribution is -0.141. The summed E-state index contributed by atoms with van der Waals surface area (Å²) in [6.07, 6.45) is -2.59. The third-order valence-electron chi connectivity index (χ3n) is 3.55. The second-order valence-corrected chi connectivity index (χ2v) is 6.08. The van der Waals surface area contributed by atoms with Gasteiger partial charge in [0, 0.05) is 11.9 Å². The molecule has 2 aromatic heterocycles. The summed E-state index contributed by atoms with van der Waals surface area (Å²) >= 11 is 1.56. The highest BCUT2D eigenvalue weighted by atomic mass is 32.1. The van der Waals surface area contributed by atoms with Gasteiger partial charge in [-0.2, -0.15) is 13.2 Å². The molecule has 0 aromatic carbocycles. The Labute approximate surface area is 124 Å². The number of rotatable bonds is 2. The molecule has 3 heterocycles. The van der Waals surface area contributed by atoms with Crippen molar-refractivity contribution in [3.63, 3.8) is 0 Å². The van der Waals surface area contributed by atoms with Crippen molar-refractivity contribution in [1.82, 2.24) is 9.97 Å². The first kappa shape index (κ1) is 14.3. The summed E-state index contributed by atoms with van der Waals surface area (Å²) in [5.74, 6) is 0.373. The fourth-order valence-electron chi connectivity index (χ4n) is 2.62. The molecule has 1 saturated heterocycles. The van der Waals surface area contributed by atoms with Crippen molar-refractivity contribution in [3.8, 4) is 0 Å². The molecule has 2 aromatic rings. The average Bonchev–Trinajstić information content (AvgIpc) is 3.06. The number of halogens is 3. The lowest BCUT2D eigenvalue weighted by Gasteiger charge is -2.25. The van der Waals surface area contributed by atoms with Gasteiger partial charge in [0.1, 0.15) is 11.5 Å². The molecule has 1 aliphatic rings. The lowest BCUT2D eigenvalue weighted by Crippen LogP contribution is -2.24. The van der Waals surface area contributed by atoms with Crippen molar-refractivity contribution >= 4 is 17.2 Å². The van der Waals surface area contributed by atoms with E-state index < -0.39 is 11.9 Å². The SMILES string of the molecule is Cc1nc([C@H]2CCCN2c2cccc(C(F)(F)F)n2)cs1. The number of hydrogen-bond donors (Lipinski definition) is 0. The van der Waals surface area contributed by atoms with Crippen LogP contribution in [0.2, 0.25) is 0 Å². The van der Waals surface area contributed by atoms with E-state index in [2.05, 4.69) is 9.97 Å². The zero-order chi connectivity index (χ0) is 15.0. The van der Waals surface area contributed by atoms with Crippen molar-refractivity contribution in [3.05, 3.63) is 40.0 Å². The minimum absolute atomic E-state index is 0.0194. The van der Waals surface area contributed by atoms with Gasteiger partial charge in [0.2, 0.25) is 0 Å². The Morgan fingerprint density at radius 1 is 1.29 bits per heavy atom. The Balaban J connectivity index is 1.92. The molecule has 0 amide bonds. The largest absolute Gasteiger partial charge is 0.433 e. The van der Waals surface area contributed by atoms with E-state index in [1.807, 2.05) is 17.2 Å². The third-order valence-corrected chi connectivity index (χ3v) is 4.34. The highest BCUT2D eigenvalue weighted by Crippen LogP contribution is 2.37. The Kier molecular flexibility index (Phi) is 3.61. The Morgan fingerprint density at radius 3 is 2.76 bits per heavy atom. The lowest BCUT2D eigenvalue weighted by atomic mass is 10.1. The van der Waals surface area contributed by atoms with Crippen LogP contribution < -0.4 is 4.90 Å². The monoisotopic (exact) mass is 313 g/mol. The first-order valence-electron chi connectivity index (χ1n) is 6.68. The van der Waals surface area contributed by atoms with Crippen LogP contribution in [0.5, 0.6) is 0 Å². The number of aryl methyl sites for hydroxylation is 1. The molecule has 21 heavy (non-hydrogen) atoms. The van der Waals surface area contributed by atoms with Gasteiger partial charge in [0.25, 0.3) is 0 Å². The summed E-state index contributed by atoms with van der Waals surface area (Å²) in [7, 11) is 0. The molecular weight excluding hydrogens is 299 g/mol. The van der Waals surface area contributed by atoms with Gasteiger partial charge in [0.15, 0.2) is 0 Å². The number of alkyl halides is 3. The van der Waals surface area contributed by atoms with E-state index in [0.29, 0.717) is 12.4 Å². The van der Waals surface area contributed by atoms with Gasteiger partial charge in [-0.05, 0) is 31.9 Å². The van der Waals surface area contributed by atoms with Gasteiger partial charge in [-0.1, -0.05) is 6.07 Å². The smallest absolute Gasteiger partial charge is 0.348 e. The van der Waals surface area contributed by atoms with Crippen LogP contribution >= 0.6 is 11.3 Å². The molecule has 1 aliphatic heterocycles. The molecule has 1 fully saturated rings. The first-order chi connectivity index (χ1) is 9.95. The van der Waals surface area contributed by atoms with Crippen LogP contribution in [0.4, 0.5) is 19.0 Å². The molecule has 1 atom stereocenters. The van der Waals surface area contributed by atoms with Crippen LogP contribution in [-0.2, 0) is 6.18 Å². The van der Waals surface area contributed by atoms with E-state index in [0.717, 1.165) is 29.6 Å². The molecule has 0 radical (unpaired) electrons. The molecule has 0 N–H and O–H groups in total. The Morgan fingerprint density at radius 2 is 2.10 bits per heavy atom. The maximum atomic E-state index is 12.8. The zero-order valence-electron chi connectivity index (χ0n) is 11.4. The standard InChI is InChI=1S/C14H14F3N3S/c1-9-18-10(8-21-9)11-4-3-7-20(11)13-6-2-5-12(19-13)14(15,16)17/h2,5-6,8,11H,3-4,7H2,1H3/t11-/m1/s1. The Hall–Kier alpha value is -1.63. The minimum atomic E-state index is -4.41.